The Balaban J connectivity index is 0. The number of rotatable bonds is 5. The first-order valence-corrected chi connectivity index (χ1v) is 3.86. The van der Waals surface area contributed by atoms with Gasteiger partial charge in [0.25, 0.3) is 0 Å². The molecule has 0 aromatic carbocycles. The van der Waals surface area contributed by atoms with Gasteiger partial charge in [-0.25, -0.2) is 0 Å². The third-order valence-corrected chi connectivity index (χ3v) is 1.40. The molecule has 0 saturated heterocycles. The molecule has 0 rings (SSSR count). The molecule has 0 saturated carbocycles. The largest absolute Gasteiger partial charge is 0.333 e. The summed E-state index contributed by atoms with van der Waals surface area (Å²) in [6.45, 7) is 11.6. The van der Waals surface area contributed by atoms with Crippen LogP contribution in [-0.4, -0.2) is 24.5 Å². The van der Waals surface area contributed by atoms with Crippen LogP contribution in [0.5, 0.6) is 0 Å². The van der Waals surface area contributed by atoms with E-state index in [0.29, 0.717) is 0 Å². The van der Waals surface area contributed by atoms with Gasteiger partial charge in [-0.2, -0.15) is 0 Å². The van der Waals surface area contributed by atoms with E-state index in [1.54, 1.807) is 0 Å². The van der Waals surface area contributed by atoms with Gasteiger partial charge in [0.1, 0.15) is 0 Å². The summed E-state index contributed by atoms with van der Waals surface area (Å²) in [6, 6.07) is 0. The van der Waals surface area contributed by atoms with Crippen molar-refractivity contribution in [3.63, 3.8) is 0 Å². The van der Waals surface area contributed by atoms with Crippen LogP contribution in [0, 0.1) is 6.92 Å². The first kappa shape index (κ1) is 13.6. The van der Waals surface area contributed by atoms with E-state index >= 15 is 0 Å². The molecular weight excluding hydrogens is 199 g/mol. The summed E-state index contributed by atoms with van der Waals surface area (Å²) in [5.74, 6) is 0. The second kappa shape index (κ2) is 10.1. The van der Waals surface area contributed by atoms with Crippen LogP contribution in [0.1, 0.15) is 26.7 Å². The monoisotopic (exact) mass is 217 g/mol. The van der Waals surface area contributed by atoms with Gasteiger partial charge in [-0.3, -0.25) is 0 Å². The molecule has 0 unspecified atom stereocenters. The van der Waals surface area contributed by atoms with Crippen LogP contribution in [0.4, 0.5) is 0 Å². The molecule has 0 fully saturated rings. The fraction of sp³-hybridized carbons (Fsp3) is 0.875. The van der Waals surface area contributed by atoms with Crippen molar-refractivity contribution in [2.75, 3.05) is 19.6 Å². The quantitative estimate of drug-likeness (QED) is 0.636. The molecule has 0 aromatic rings. The van der Waals surface area contributed by atoms with Gasteiger partial charge in [-0.05, 0) is 25.9 Å². The molecule has 0 bridgehead atoms. The summed E-state index contributed by atoms with van der Waals surface area (Å²) >= 11 is 0. The van der Waals surface area contributed by atoms with Gasteiger partial charge < -0.3 is 11.8 Å². The van der Waals surface area contributed by atoms with Gasteiger partial charge in [0.15, 0.2) is 0 Å². The molecule has 0 aliphatic heterocycles. The smallest absolute Gasteiger partial charge is 0 e. The Kier molecular flexibility index (Phi) is 13.7. The van der Waals surface area contributed by atoms with E-state index in [-0.39, 0.29) is 32.7 Å². The second-order valence-corrected chi connectivity index (χ2v) is 2.34. The Morgan fingerprint density at radius 2 is 1.50 bits per heavy atom. The molecule has 0 aromatic heterocycles. The van der Waals surface area contributed by atoms with Crippen LogP contribution >= 0.6 is 0 Å². The summed E-state index contributed by atoms with van der Waals surface area (Å²) in [4.78, 5) is 2.38. The Labute approximate surface area is 90.4 Å². The Morgan fingerprint density at radius 3 is 1.70 bits per heavy atom. The van der Waals surface area contributed by atoms with E-state index in [0.717, 1.165) is 6.54 Å². The van der Waals surface area contributed by atoms with Crippen LogP contribution in [0.2, 0.25) is 0 Å². The summed E-state index contributed by atoms with van der Waals surface area (Å²) in [5, 5.41) is 0. The molecule has 1 nitrogen and oxygen atoms in total. The molecule has 0 amide bonds. The summed E-state index contributed by atoms with van der Waals surface area (Å²) in [6.07, 6.45) is 2.49. The van der Waals surface area contributed by atoms with Crippen LogP contribution in [0.3, 0.4) is 0 Å². The second-order valence-electron chi connectivity index (χ2n) is 2.34. The van der Waals surface area contributed by atoms with Crippen LogP contribution in [0.15, 0.2) is 0 Å². The first-order chi connectivity index (χ1) is 4.35. The van der Waals surface area contributed by atoms with Crippen LogP contribution in [0.25, 0.3) is 0 Å². The fourth-order valence-electron chi connectivity index (χ4n) is 0.968. The predicted molar refractivity (Wildman–Crippen MR) is 42.4 cm³/mol. The average Bonchev–Trinajstić information content (AvgIpc) is 1.88. The van der Waals surface area contributed by atoms with Gasteiger partial charge in [0, 0.05) is 32.7 Å². The van der Waals surface area contributed by atoms with Gasteiger partial charge in [0.05, 0.1) is 0 Å². The molecule has 0 aliphatic carbocycles. The molecule has 0 heterocycles. The van der Waals surface area contributed by atoms with Crippen molar-refractivity contribution in [2.24, 2.45) is 0 Å². The molecule has 0 atom stereocenters. The minimum absolute atomic E-state index is 0. The summed E-state index contributed by atoms with van der Waals surface area (Å²) in [5.41, 5.74) is 0. The van der Waals surface area contributed by atoms with Crippen molar-refractivity contribution in [1.82, 2.24) is 4.90 Å². The van der Waals surface area contributed by atoms with E-state index < -0.39 is 0 Å². The van der Waals surface area contributed by atoms with Gasteiger partial charge in [-0.15, -0.1) is 6.54 Å². The number of nitrogens with zero attached hydrogens (tertiary/aromatic N) is 1. The Bertz CT molecular complexity index is 51.2. The van der Waals surface area contributed by atoms with Gasteiger partial charge in [-0.1, -0.05) is 13.8 Å². The van der Waals surface area contributed by atoms with Crippen molar-refractivity contribution in [2.45, 2.75) is 26.7 Å². The normalized spacial score (nSPS) is 9.60. The van der Waals surface area contributed by atoms with E-state index in [2.05, 4.69) is 25.7 Å². The van der Waals surface area contributed by atoms with Crippen molar-refractivity contribution >= 4 is 0 Å². The zero-order chi connectivity index (χ0) is 7.11. The van der Waals surface area contributed by atoms with Gasteiger partial charge >= 0.3 is 0 Å². The third kappa shape index (κ3) is 7.17. The standard InChI is InChI=1S/C8H18N.Y/c1-4-7-9(6-3)8-5-2;/h3-8H2,1-2H3;/q-1;. The van der Waals surface area contributed by atoms with Gasteiger partial charge in [0.2, 0.25) is 0 Å². The third-order valence-electron chi connectivity index (χ3n) is 1.40. The minimum atomic E-state index is 0. The van der Waals surface area contributed by atoms with Crippen LogP contribution in [-0.2, 0) is 32.7 Å². The molecule has 1 radical (unpaired) electrons. The maximum absolute atomic E-state index is 3.85. The van der Waals surface area contributed by atoms with Crippen LogP contribution < -0.4 is 0 Å². The van der Waals surface area contributed by atoms with Crippen molar-refractivity contribution in [1.29, 1.82) is 0 Å². The molecule has 10 heavy (non-hydrogen) atoms. The number of hydrogen-bond donors (Lipinski definition) is 0. The SMILES string of the molecule is [CH2-]CN(CCC)CCC.[Y]. The minimum Gasteiger partial charge on any atom is -0.333 e. The zero-order valence-corrected chi connectivity index (χ0v) is 10.1. The fourth-order valence-corrected chi connectivity index (χ4v) is 0.968. The molecule has 0 spiro atoms. The maximum Gasteiger partial charge on any atom is 0 e. The van der Waals surface area contributed by atoms with Crippen molar-refractivity contribution in [3.8, 4) is 0 Å². The molecule has 59 valence electrons. The first-order valence-electron chi connectivity index (χ1n) is 3.86. The molecule has 2 heteroatoms. The Hall–Kier alpha value is 1.06. The van der Waals surface area contributed by atoms with Crippen molar-refractivity contribution in [3.05, 3.63) is 6.92 Å². The maximum atomic E-state index is 3.85. The van der Waals surface area contributed by atoms with E-state index in [4.69, 9.17) is 0 Å². The average molecular weight is 217 g/mol. The molecule has 0 N–H and O–H groups in total. The van der Waals surface area contributed by atoms with E-state index in [9.17, 15) is 0 Å². The predicted octanol–water partition coefficient (Wildman–Crippen LogP) is 1.94. The zero-order valence-electron chi connectivity index (χ0n) is 7.27. The molecular formula is C8H18NY-. The Morgan fingerprint density at radius 1 is 1.10 bits per heavy atom. The summed E-state index contributed by atoms with van der Waals surface area (Å²) < 4.78 is 0. The van der Waals surface area contributed by atoms with E-state index in [1.165, 1.54) is 25.9 Å². The summed E-state index contributed by atoms with van der Waals surface area (Å²) in [7, 11) is 0. The molecule has 0 aliphatic rings. The van der Waals surface area contributed by atoms with Crippen molar-refractivity contribution < 1.29 is 32.7 Å². The number of hydrogen-bond acceptors (Lipinski definition) is 1. The van der Waals surface area contributed by atoms with E-state index in [1.807, 2.05) is 0 Å². The topological polar surface area (TPSA) is 3.24 Å².